The number of nitrogens with zero attached hydrogens (tertiary/aromatic N) is 1. The van der Waals surface area contributed by atoms with Crippen LogP contribution in [0.5, 0.6) is 0 Å². The number of anilines is 1. The van der Waals surface area contributed by atoms with Gasteiger partial charge in [-0.1, -0.05) is 12.2 Å². The summed E-state index contributed by atoms with van der Waals surface area (Å²) in [6.07, 6.45) is 1.88. The van der Waals surface area contributed by atoms with Crippen molar-refractivity contribution in [1.82, 2.24) is 0 Å². The Labute approximate surface area is 112 Å². The van der Waals surface area contributed by atoms with Crippen molar-refractivity contribution in [3.63, 3.8) is 0 Å². The van der Waals surface area contributed by atoms with Gasteiger partial charge in [0.05, 0.1) is 5.92 Å². The third-order valence-electron chi connectivity index (χ3n) is 3.34. The lowest BCUT2D eigenvalue weighted by Gasteiger charge is -2.33. The van der Waals surface area contributed by atoms with Gasteiger partial charge in [-0.15, -0.1) is 0 Å². The summed E-state index contributed by atoms with van der Waals surface area (Å²) in [4.78, 5) is 13.8. The Morgan fingerprint density at radius 2 is 1.94 bits per heavy atom. The van der Waals surface area contributed by atoms with Crippen LogP contribution in [0.1, 0.15) is 18.4 Å². The summed E-state index contributed by atoms with van der Waals surface area (Å²) >= 11 is 4.92. The van der Waals surface area contributed by atoms with Gasteiger partial charge in [0, 0.05) is 24.3 Å². The second kappa shape index (κ2) is 5.35. The number of rotatable bonds is 3. The van der Waals surface area contributed by atoms with E-state index in [1.54, 1.807) is 0 Å². The molecule has 1 aliphatic rings. The van der Waals surface area contributed by atoms with E-state index in [9.17, 15) is 4.79 Å². The van der Waals surface area contributed by atoms with Crippen molar-refractivity contribution in [2.75, 3.05) is 18.0 Å². The summed E-state index contributed by atoms with van der Waals surface area (Å²) in [6.45, 7) is 1.65. The van der Waals surface area contributed by atoms with Crippen molar-refractivity contribution in [3.05, 3.63) is 29.8 Å². The first-order valence-corrected chi connectivity index (χ1v) is 6.43. The molecule has 0 bridgehead atoms. The van der Waals surface area contributed by atoms with Gasteiger partial charge in [0.1, 0.15) is 4.99 Å². The van der Waals surface area contributed by atoms with E-state index in [2.05, 4.69) is 4.90 Å². The molecule has 0 saturated carbocycles. The standard InChI is InChI=1S/C13H17N3OS/c14-12(17)10-2-1-7-16(8-10)11-5-3-9(4-6-11)13(15)18/h3-6,10H,1-2,7-8H2,(H2,14,17)(H2,15,18). The predicted octanol–water partition coefficient (Wildman–Crippen LogP) is 1.02. The number of hydrogen-bond donors (Lipinski definition) is 2. The molecule has 1 heterocycles. The highest BCUT2D eigenvalue weighted by molar-refractivity contribution is 7.80. The van der Waals surface area contributed by atoms with E-state index in [0.29, 0.717) is 11.5 Å². The lowest BCUT2D eigenvalue weighted by molar-refractivity contribution is -0.122. The zero-order valence-corrected chi connectivity index (χ0v) is 11.0. The summed E-state index contributed by atoms with van der Waals surface area (Å²) in [7, 11) is 0. The van der Waals surface area contributed by atoms with Crippen LogP contribution in [0, 0.1) is 5.92 Å². The van der Waals surface area contributed by atoms with Gasteiger partial charge < -0.3 is 16.4 Å². The van der Waals surface area contributed by atoms with Crippen molar-refractivity contribution in [2.24, 2.45) is 17.4 Å². The molecular weight excluding hydrogens is 246 g/mol. The third kappa shape index (κ3) is 2.79. The summed E-state index contributed by atoms with van der Waals surface area (Å²) in [6, 6.07) is 7.78. The Morgan fingerprint density at radius 1 is 1.28 bits per heavy atom. The van der Waals surface area contributed by atoms with Crippen LogP contribution in [-0.2, 0) is 4.79 Å². The van der Waals surface area contributed by atoms with Crippen LogP contribution in [0.25, 0.3) is 0 Å². The molecule has 0 spiro atoms. The molecule has 4 N–H and O–H groups in total. The topological polar surface area (TPSA) is 72.4 Å². The van der Waals surface area contributed by atoms with Gasteiger partial charge in [-0.05, 0) is 37.1 Å². The molecule has 96 valence electrons. The molecule has 0 aromatic heterocycles. The quantitative estimate of drug-likeness (QED) is 0.799. The summed E-state index contributed by atoms with van der Waals surface area (Å²) in [5.41, 5.74) is 12.9. The number of carbonyl (C=O) groups is 1. The number of benzene rings is 1. The molecule has 1 aromatic rings. The SMILES string of the molecule is NC(=O)C1CCCN(c2ccc(C(N)=S)cc2)C1. The highest BCUT2D eigenvalue weighted by atomic mass is 32.1. The van der Waals surface area contributed by atoms with Crippen LogP contribution in [0.4, 0.5) is 5.69 Å². The number of hydrogen-bond acceptors (Lipinski definition) is 3. The number of primary amides is 1. The van der Waals surface area contributed by atoms with Crippen LogP contribution in [-0.4, -0.2) is 24.0 Å². The van der Waals surface area contributed by atoms with E-state index < -0.39 is 0 Å². The first-order chi connectivity index (χ1) is 8.58. The maximum Gasteiger partial charge on any atom is 0.222 e. The Balaban J connectivity index is 2.11. The first kappa shape index (κ1) is 12.8. The zero-order valence-electron chi connectivity index (χ0n) is 10.1. The minimum Gasteiger partial charge on any atom is -0.389 e. The fourth-order valence-corrected chi connectivity index (χ4v) is 2.42. The van der Waals surface area contributed by atoms with Gasteiger partial charge in [0.2, 0.25) is 5.91 Å². The average Bonchev–Trinajstić information content (AvgIpc) is 2.39. The highest BCUT2D eigenvalue weighted by Gasteiger charge is 2.23. The van der Waals surface area contributed by atoms with Crippen LogP contribution >= 0.6 is 12.2 Å². The average molecular weight is 263 g/mol. The van der Waals surface area contributed by atoms with Crippen molar-refractivity contribution >= 4 is 28.8 Å². The minimum absolute atomic E-state index is 0.0472. The van der Waals surface area contributed by atoms with Crippen molar-refractivity contribution in [1.29, 1.82) is 0 Å². The van der Waals surface area contributed by atoms with Gasteiger partial charge in [0.25, 0.3) is 0 Å². The van der Waals surface area contributed by atoms with Crippen LogP contribution in [0.2, 0.25) is 0 Å². The molecule has 18 heavy (non-hydrogen) atoms. The molecule has 1 amide bonds. The Bertz CT molecular complexity index is 458. The number of thiocarbonyl (C=S) groups is 1. The van der Waals surface area contributed by atoms with Crippen LogP contribution in [0.15, 0.2) is 24.3 Å². The molecule has 5 heteroatoms. The van der Waals surface area contributed by atoms with Gasteiger partial charge in [0.15, 0.2) is 0 Å². The molecule has 2 rings (SSSR count). The van der Waals surface area contributed by atoms with E-state index in [4.69, 9.17) is 23.7 Å². The van der Waals surface area contributed by atoms with E-state index in [0.717, 1.165) is 30.6 Å². The molecular formula is C13H17N3OS. The molecule has 0 radical (unpaired) electrons. The largest absolute Gasteiger partial charge is 0.389 e. The number of nitrogens with two attached hydrogens (primary N) is 2. The molecule has 1 atom stereocenters. The van der Waals surface area contributed by atoms with Crippen molar-refractivity contribution < 1.29 is 4.79 Å². The number of piperidine rings is 1. The summed E-state index contributed by atoms with van der Waals surface area (Å²) in [5.74, 6) is -0.256. The lowest BCUT2D eigenvalue weighted by atomic mass is 9.97. The first-order valence-electron chi connectivity index (χ1n) is 6.02. The van der Waals surface area contributed by atoms with Gasteiger partial charge in [-0.25, -0.2) is 0 Å². The Morgan fingerprint density at radius 3 is 2.50 bits per heavy atom. The van der Waals surface area contributed by atoms with E-state index in [1.807, 2.05) is 24.3 Å². The molecule has 1 aliphatic heterocycles. The minimum atomic E-state index is -0.209. The van der Waals surface area contributed by atoms with E-state index in [1.165, 1.54) is 0 Å². The maximum atomic E-state index is 11.2. The van der Waals surface area contributed by atoms with Crippen LogP contribution in [0.3, 0.4) is 0 Å². The zero-order chi connectivity index (χ0) is 13.1. The monoisotopic (exact) mass is 263 g/mol. The fourth-order valence-electron chi connectivity index (χ4n) is 2.28. The van der Waals surface area contributed by atoms with Gasteiger partial charge in [-0.3, -0.25) is 4.79 Å². The molecule has 1 fully saturated rings. The Hall–Kier alpha value is -1.62. The van der Waals surface area contributed by atoms with Gasteiger partial charge in [-0.2, -0.15) is 0 Å². The normalized spacial score (nSPS) is 19.6. The second-order valence-electron chi connectivity index (χ2n) is 4.60. The summed E-state index contributed by atoms with van der Waals surface area (Å²) in [5, 5.41) is 0. The van der Waals surface area contributed by atoms with E-state index >= 15 is 0 Å². The van der Waals surface area contributed by atoms with Gasteiger partial charge >= 0.3 is 0 Å². The second-order valence-corrected chi connectivity index (χ2v) is 5.04. The van der Waals surface area contributed by atoms with E-state index in [-0.39, 0.29) is 11.8 Å². The predicted molar refractivity (Wildman–Crippen MR) is 76.5 cm³/mol. The Kier molecular flexibility index (Phi) is 3.81. The van der Waals surface area contributed by atoms with Crippen molar-refractivity contribution in [3.8, 4) is 0 Å². The highest BCUT2D eigenvalue weighted by Crippen LogP contribution is 2.23. The maximum absolute atomic E-state index is 11.2. The van der Waals surface area contributed by atoms with Crippen LogP contribution < -0.4 is 16.4 Å². The molecule has 0 aliphatic carbocycles. The number of amides is 1. The smallest absolute Gasteiger partial charge is 0.222 e. The lowest BCUT2D eigenvalue weighted by Crippen LogP contribution is -2.41. The molecule has 1 saturated heterocycles. The van der Waals surface area contributed by atoms with Crippen molar-refractivity contribution in [2.45, 2.75) is 12.8 Å². The molecule has 4 nitrogen and oxygen atoms in total. The third-order valence-corrected chi connectivity index (χ3v) is 3.58. The fraction of sp³-hybridized carbons (Fsp3) is 0.385. The molecule has 1 unspecified atom stereocenters. The number of carbonyl (C=O) groups excluding carboxylic acids is 1. The summed E-state index contributed by atoms with van der Waals surface area (Å²) < 4.78 is 0. The molecule has 1 aromatic carbocycles.